The van der Waals surface area contributed by atoms with Crippen molar-refractivity contribution in [1.82, 2.24) is 10.3 Å². The van der Waals surface area contributed by atoms with Crippen molar-refractivity contribution in [3.8, 4) is 0 Å². The lowest BCUT2D eigenvalue weighted by atomic mass is 10.2. The van der Waals surface area contributed by atoms with Crippen LogP contribution in [-0.2, 0) is 9.53 Å². The number of ether oxygens (including phenoxy) is 1. The summed E-state index contributed by atoms with van der Waals surface area (Å²) in [5.74, 6) is 0.406. The number of carbonyl (C=O) groups is 1. The summed E-state index contributed by atoms with van der Waals surface area (Å²) in [6.07, 6.45) is 1.70. The molecule has 18 heavy (non-hydrogen) atoms. The molecule has 1 rings (SSSR count). The van der Waals surface area contributed by atoms with Gasteiger partial charge in [-0.05, 0) is 25.5 Å². The number of carbonyl (C=O) groups excluding carboxylic acids is 1. The highest BCUT2D eigenvalue weighted by Crippen LogP contribution is 2.16. The van der Waals surface area contributed by atoms with E-state index in [-0.39, 0.29) is 5.91 Å². The van der Waals surface area contributed by atoms with E-state index in [0.29, 0.717) is 24.7 Å². The lowest BCUT2D eigenvalue weighted by Gasteiger charge is -2.15. The number of nitrogen functional groups attached to an aromatic ring is 1. The Hall–Kier alpha value is -1.82. The lowest BCUT2D eigenvalue weighted by molar-refractivity contribution is -0.121. The molecular weight excluding hydrogens is 232 g/mol. The largest absolute Gasteiger partial charge is 0.396 e. The summed E-state index contributed by atoms with van der Waals surface area (Å²) in [5, 5.41) is 5.71. The molecule has 0 aliphatic rings. The molecule has 0 spiro atoms. The second-order valence-electron chi connectivity index (χ2n) is 4.10. The van der Waals surface area contributed by atoms with Gasteiger partial charge < -0.3 is 21.1 Å². The summed E-state index contributed by atoms with van der Waals surface area (Å²) in [4.78, 5) is 15.9. The number of rotatable bonds is 6. The molecule has 100 valence electrons. The summed E-state index contributed by atoms with van der Waals surface area (Å²) >= 11 is 0. The van der Waals surface area contributed by atoms with Gasteiger partial charge in [0.25, 0.3) is 0 Å². The number of hydrogen-bond acceptors (Lipinski definition) is 5. The van der Waals surface area contributed by atoms with Crippen molar-refractivity contribution in [2.45, 2.75) is 19.9 Å². The monoisotopic (exact) mass is 252 g/mol. The van der Waals surface area contributed by atoms with Crippen LogP contribution in [0.15, 0.2) is 12.3 Å². The van der Waals surface area contributed by atoms with E-state index >= 15 is 0 Å². The van der Waals surface area contributed by atoms with Crippen LogP contribution in [0.25, 0.3) is 0 Å². The first-order chi connectivity index (χ1) is 8.54. The molecule has 1 atom stereocenters. The normalized spacial score (nSPS) is 11.9. The van der Waals surface area contributed by atoms with E-state index in [4.69, 9.17) is 10.5 Å². The van der Waals surface area contributed by atoms with Crippen LogP contribution in [-0.4, -0.2) is 37.2 Å². The molecule has 6 heteroatoms. The van der Waals surface area contributed by atoms with E-state index < -0.39 is 6.04 Å². The molecule has 0 bridgehead atoms. The Kier molecular flexibility index (Phi) is 5.38. The van der Waals surface area contributed by atoms with Gasteiger partial charge >= 0.3 is 0 Å². The van der Waals surface area contributed by atoms with Crippen LogP contribution >= 0.6 is 0 Å². The summed E-state index contributed by atoms with van der Waals surface area (Å²) in [5.41, 5.74) is 7.33. The molecule has 6 nitrogen and oxygen atoms in total. The van der Waals surface area contributed by atoms with Crippen molar-refractivity contribution in [2.75, 3.05) is 31.3 Å². The van der Waals surface area contributed by atoms with Crippen molar-refractivity contribution in [2.24, 2.45) is 0 Å². The fraction of sp³-hybridized carbons (Fsp3) is 0.500. The molecule has 1 aromatic heterocycles. The molecule has 0 saturated carbocycles. The van der Waals surface area contributed by atoms with Gasteiger partial charge in [-0.1, -0.05) is 0 Å². The first-order valence-electron chi connectivity index (χ1n) is 5.80. The topological polar surface area (TPSA) is 89.3 Å². The van der Waals surface area contributed by atoms with Crippen molar-refractivity contribution < 1.29 is 9.53 Å². The highest BCUT2D eigenvalue weighted by atomic mass is 16.5. The van der Waals surface area contributed by atoms with E-state index in [9.17, 15) is 4.79 Å². The maximum absolute atomic E-state index is 11.7. The predicted molar refractivity (Wildman–Crippen MR) is 71.4 cm³/mol. The van der Waals surface area contributed by atoms with Gasteiger partial charge in [0.05, 0.1) is 12.3 Å². The second kappa shape index (κ2) is 6.80. The Balaban J connectivity index is 2.53. The zero-order chi connectivity index (χ0) is 13.5. The van der Waals surface area contributed by atoms with Crippen molar-refractivity contribution in [3.05, 3.63) is 17.8 Å². The highest BCUT2D eigenvalue weighted by molar-refractivity contribution is 5.84. The average molecular weight is 252 g/mol. The van der Waals surface area contributed by atoms with Gasteiger partial charge in [0.15, 0.2) is 0 Å². The number of aryl methyl sites for hydroxylation is 1. The number of anilines is 2. The van der Waals surface area contributed by atoms with Gasteiger partial charge in [-0.15, -0.1) is 0 Å². The number of amides is 1. The van der Waals surface area contributed by atoms with Crippen molar-refractivity contribution >= 4 is 17.4 Å². The first kappa shape index (κ1) is 14.2. The fourth-order valence-electron chi connectivity index (χ4n) is 1.41. The number of nitrogens with two attached hydrogens (primary N) is 1. The van der Waals surface area contributed by atoms with Crippen LogP contribution in [0.5, 0.6) is 0 Å². The summed E-state index contributed by atoms with van der Waals surface area (Å²) in [6, 6.07) is 1.41. The Morgan fingerprint density at radius 1 is 1.61 bits per heavy atom. The molecule has 0 radical (unpaired) electrons. The van der Waals surface area contributed by atoms with Crippen LogP contribution in [0.3, 0.4) is 0 Å². The molecule has 0 aliphatic heterocycles. The quantitative estimate of drug-likeness (QED) is 0.643. The highest BCUT2D eigenvalue weighted by Gasteiger charge is 2.13. The van der Waals surface area contributed by atoms with Crippen molar-refractivity contribution in [3.63, 3.8) is 0 Å². The molecule has 0 saturated heterocycles. The molecule has 1 unspecified atom stereocenters. The van der Waals surface area contributed by atoms with E-state index in [1.807, 2.05) is 13.0 Å². The molecular formula is C12H20N4O2. The Morgan fingerprint density at radius 3 is 2.94 bits per heavy atom. The number of hydrogen-bond donors (Lipinski definition) is 3. The summed E-state index contributed by atoms with van der Waals surface area (Å²) in [6.45, 7) is 4.64. The number of aromatic nitrogens is 1. The number of pyridine rings is 1. The third-order valence-electron chi connectivity index (χ3n) is 2.41. The van der Waals surface area contributed by atoms with Crippen LogP contribution in [0.4, 0.5) is 11.5 Å². The Labute approximate surface area is 107 Å². The first-order valence-corrected chi connectivity index (χ1v) is 5.80. The van der Waals surface area contributed by atoms with E-state index in [1.165, 1.54) is 0 Å². The zero-order valence-corrected chi connectivity index (χ0v) is 11.0. The molecule has 0 aliphatic carbocycles. The SMILES string of the molecule is COCCNC(=O)C(C)Nc1ncc(C)cc1N. The number of nitrogens with one attached hydrogen (secondary N) is 2. The minimum absolute atomic E-state index is 0.117. The molecule has 4 N–H and O–H groups in total. The minimum Gasteiger partial charge on any atom is -0.396 e. The minimum atomic E-state index is -0.403. The van der Waals surface area contributed by atoms with Gasteiger partial charge in [0.2, 0.25) is 5.91 Å². The van der Waals surface area contributed by atoms with E-state index in [2.05, 4.69) is 15.6 Å². The summed E-state index contributed by atoms with van der Waals surface area (Å²) < 4.78 is 4.86. The second-order valence-corrected chi connectivity index (χ2v) is 4.10. The Morgan fingerprint density at radius 2 is 2.33 bits per heavy atom. The van der Waals surface area contributed by atoms with Crippen LogP contribution in [0, 0.1) is 6.92 Å². The maximum atomic E-state index is 11.7. The standard InChI is InChI=1S/C12H20N4O2/c1-8-6-10(13)11(15-7-8)16-9(2)12(17)14-4-5-18-3/h6-7,9H,4-5,13H2,1-3H3,(H,14,17)(H,15,16). The third-order valence-corrected chi connectivity index (χ3v) is 2.41. The van der Waals surface area contributed by atoms with Crippen LogP contribution < -0.4 is 16.4 Å². The smallest absolute Gasteiger partial charge is 0.242 e. The van der Waals surface area contributed by atoms with E-state index in [0.717, 1.165) is 5.56 Å². The molecule has 1 amide bonds. The maximum Gasteiger partial charge on any atom is 0.242 e. The zero-order valence-electron chi connectivity index (χ0n) is 11.0. The fourth-order valence-corrected chi connectivity index (χ4v) is 1.41. The molecule has 0 fully saturated rings. The van der Waals surface area contributed by atoms with Gasteiger partial charge in [-0.2, -0.15) is 0 Å². The lowest BCUT2D eigenvalue weighted by Crippen LogP contribution is -2.39. The molecule has 1 heterocycles. The van der Waals surface area contributed by atoms with E-state index in [1.54, 1.807) is 20.2 Å². The van der Waals surface area contributed by atoms with Crippen molar-refractivity contribution in [1.29, 1.82) is 0 Å². The Bertz CT molecular complexity index is 409. The average Bonchev–Trinajstić information content (AvgIpc) is 2.32. The third kappa shape index (κ3) is 4.21. The van der Waals surface area contributed by atoms with Gasteiger partial charge in [-0.3, -0.25) is 4.79 Å². The van der Waals surface area contributed by atoms with Gasteiger partial charge in [0.1, 0.15) is 11.9 Å². The molecule has 0 aromatic carbocycles. The van der Waals surface area contributed by atoms with Crippen LogP contribution in [0.2, 0.25) is 0 Å². The van der Waals surface area contributed by atoms with Gasteiger partial charge in [0, 0.05) is 19.9 Å². The summed E-state index contributed by atoms with van der Waals surface area (Å²) in [7, 11) is 1.59. The number of nitrogens with zero attached hydrogens (tertiary/aromatic N) is 1. The predicted octanol–water partition coefficient (Wildman–Crippen LogP) is 0.535. The number of methoxy groups -OCH3 is 1. The van der Waals surface area contributed by atoms with Gasteiger partial charge in [-0.25, -0.2) is 4.98 Å². The van der Waals surface area contributed by atoms with Crippen LogP contribution in [0.1, 0.15) is 12.5 Å². The molecule has 1 aromatic rings.